The van der Waals surface area contributed by atoms with Crippen molar-refractivity contribution < 1.29 is 18.4 Å². The van der Waals surface area contributed by atoms with Gasteiger partial charge in [0.2, 0.25) is 11.7 Å². The van der Waals surface area contributed by atoms with E-state index in [1.165, 1.54) is 32.0 Å². The number of ether oxygens (including phenoxy) is 2. The van der Waals surface area contributed by atoms with E-state index in [0.29, 0.717) is 40.2 Å². The van der Waals surface area contributed by atoms with Gasteiger partial charge in [0.1, 0.15) is 5.82 Å². The maximum atomic E-state index is 14.8. The Morgan fingerprint density at radius 2 is 1.83 bits per heavy atom. The monoisotopic (exact) mass is 415 g/mol. The molecule has 1 atom stereocenters. The summed E-state index contributed by atoms with van der Waals surface area (Å²) < 4.78 is 30.3. The lowest BCUT2D eigenvalue weighted by atomic mass is 9.91. The van der Waals surface area contributed by atoms with Crippen LogP contribution in [-0.2, 0) is 6.42 Å². The highest BCUT2D eigenvalue weighted by Crippen LogP contribution is 2.36. The Labute approximate surface area is 172 Å². The summed E-state index contributed by atoms with van der Waals surface area (Å²) in [5.74, 6) is 0.914. The first-order valence-electron chi connectivity index (χ1n) is 8.90. The molecule has 0 saturated carbocycles. The first-order valence-corrected chi connectivity index (χ1v) is 10.1. The number of rotatable bonds is 7. The van der Waals surface area contributed by atoms with Gasteiger partial charge in [-0.2, -0.15) is 4.98 Å². The number of benzene rings is 2. The lowest BCUT2D eigenvalue weighted by molar-refractivity contribution is 0.351. The first-order chi connectivity index (χ1) is 14.0. The smallest absolute Gasteiger partial charge is 0.223 e. The fourth-order valence-electron chi connectivity index (χ4n) is 3.07. The normalized spacial score (nSPS) is 11.9. The van der Waals surface area contributed by atoms with Crippen LogP contribution in [0, 0.1) is 18.2 Å². The number of hydrogen-bond donors (Lipinski definition) is 1. The fourth-order valence-corrected chi connectivity index (χ4v) is 3.56. The predicted molar refractivity (Wildman–Crippen MR) is 112 cm³/mol. The molecule has 0 radical (unpaired) electrons. The predicted octanol–water partition coefficient (Wildman–Crippen LogP) is 4.87. The molecule has 0 fully saturated rings. The number of aryl methyl sites for hydroxylation is 1. The molecule has 3 rings (SSSR count). The summed E-state index contributed by atoms with van der Waals surface area (Å²) in [5.41, 5.74) is 2.20. The number of methoxy groups -OCH3 is 2. The van der Waals surface area contributed by atoms with E-state index in [9.17, 15) is 4.39 Å². The first kappa shape index (κ1) is 20.9. The van der Waals surface area contributed by atoms with Crippen LogP contribution in [0.1, 0.15) is 22.9 Å². The van der Waals surface area contributed by atoms with Gasteiger partial charge in [-0.05, 0) is 24.3 Å². The van der Waals surface area contributed by atoms with Gasteiger partial charge in [-0.1, -0.05) is 29.4 Å². The van der Waals surface area contributed by atoms with Gasteiger partial charge in [-0.3, -0.25) is 5.41 Å². The summed E-state index contributed by atoms with van der Waals surface area (Å²) in [7, 11) is 2.97. The van der Waals surface area contributed by atoms with Crippen LogP contribution in [0.5, 0.6) is 11.5 Å². The summed E-state index contributed by atoms with van der Waals surface area (Å²) in [6.45, 7) is 1.74. The van der Waals surface area contributed by atoms with Crippen molar-refractivity contribution in [2.45, 2.75) is 19.3 Å². The molecule has 0 aliphatic heterocycles. The second-order valence-corrected chi connectivity index (χ2v) is 7.24. The zero-order valence-corrected chi connectivity index (χ0v) is 17.5. The van der Waals surface area contributed by atoms with Crippen molar-refractivity contribution in [3.05, 3.63) is 59.2 Å². The zero-order valence-electron chi connectivity index (χ0n) is 16.7. The highest BCUT2D eigenvalue weighted by atomic mass is 32.2. The minimum atomic E-state index is -0.442. The maximum Gasteiger partial charge on any atom is 0.223 e. The third kappa shape index (κ3) is 4.59. The van der Waals surface area contributed by atoms with Crippen LogP contribution in [0.3, 0.4) is 0 Å². The molecular formula is C21H22FN3O3S. The lowest BCUT2D eigenvalue weighted by Gasteiger charge is -2.20. The van der Waals surface area contributed by atoms with Crippen molar-refractivity contribution in [1.82, 2.24) is 10.1 Å². The van der Waals surface area contributed by atoms with Gasteiger partial charge in [0.25, 0.3) is 0 Å². The van der Waals surface area contributed by atoms with Crippen molar-refractivity contribution in [2.24, 2.45) is 0 Å². The third-order valence-corrected chi connectivity index (χ3v) is 5.32. The Bertz CT molecular complexity index is 1000. The minimum absolute atomic E-state index is 0.322. The van der Waals surface area contributed by atoms with Crippen LogP contribution in [0.2, 0.25) is 0 Å². The number of halogens is 1. The lowest BCUT2D eigenvalue weighted by Crippen LogP contribution is -2.14. The topological polar surface area (TPSA) is 81.2 Å². The van der Waals surface area contributed by atoms with E-state index in [-0.39, 0.29) is 0 Å². The molecule has 0 spiro atoms. The van der Waals surface area contributed by atoms with E-state index in [1.54, 1.807) is 13.0 Å². The van der Waals surface area contributed by atoms with Crippen LogP contribution < -0.4 is 9.47 Å². The molecule has 0 aliphatic carbocycles. The van der Waals surface area contributed by atoms with E-state index in [0.717, 1.165) is 11.1 Å². The van der Waals surface area contributed by atoms with Crippen molar-refractivity contribution >= 4 is 16.8 Å². The molecule has 2 aromatic carbocycles. The largest absolute Gasteiger partial charge is 0.493 e. The van der Waals surface area contributed by atoms with Gasteiger partial charge in [-0.25, -0.2) is 4.39 Å². The van der Waals surface area contributed by atoms with Crippen molar-refractivity contribution in [1.29, 1.82) is 5.41 Å². The molecule has 1 heterocycles. The van der Waals surface area contributed by atoms with Crippen LogP contribution in [0.25, 0.3) is 11.4 Å². The van der Waals surface area contributed by atoms with Gasteiger partial charge in [0.15, 0.2) is 11.5 Å². The average molecular weight is 415 g/mol. The highest BCUT2D eigenvalue weighted by Gasteiger charge is 2.23. The third-order valence-electron chi connectivity index (χ3n) is 4.59. The van der Waals surface area contributed by atoms with E-state index < -0.39 is 11.7 Å². The molecule has 0 amide bonds. The Morgan fingerprint density at radius 1 is 1.17 bits per heavy atom. The molecule has 3 aromatic rings. The molecule has 1 N–H and O–H groups in total. The molecule has 8 heteroatoms. The Kier molecular flexibility index (Phi) is 6.53. The number of hydrogen-bond acceptors (Lipinski definition) is 7. The van der Waals surface area contributed by atoms with Gasteiger partial charge >= 0.3 is 0 Å². The summed E-state index contributed by atoms with van der Waals surface area (Å²) in [5, 5.41) is 12.7. The standard InChI is InChI=1S/C21H22FN3O3S/c1-12-24-21(25-28-12)14-7-5-13(6-8-14)9-16(20(23)29-4)15-10-18(26-2)19(27-3)11-17(15)22/h5-8,10-11,16,23H,9H2,1-4H3. The van der Waals surface area contributed by atoms with Crippen LogP contribution in [0.4, 0.5) is 4.39 Å². The van der Waals surface area contributed by atoms with Crippen molar-refractivity contribution in [3.8, 4) is 22.9 Å². The Balaban J connectivity index is 1.91. The number of nitrogens with zero attached hydrogens (tertiary/aromatic N) is 2. The quantitative estimate of drug-likeness (QED) is 0.438. The van der Waals surface area contributed by atoms with E-state index >= 15 is 0 Å². The molecular weight excluding hydrogens is 393 g/mol. The molecule has 6 nitrogen and oxygen atoms in total. The summed E-state index contributed by atoms with van der Waals surface area (Å²) in [6, 6.07) is 10.6. The fraction of sp³-hybridized carbons (Fsp3) is 0.286. The second kappa shape index (κ2) is 9.09. The molecule has 29 heavy (non-hydrogen) atoms. The summed E-state index contributed by atoms with van der Waals surface area (Å²) in [4.78, 5) is 4.22. The SMILES string of the molecule is COc1cc(F)c(C(Cc2ccc(-c3noc(C)n3)cc2)C(=N)SC)cc1OC. The van der Waals surface area contributed by atoms with Crippen LogP contribution in [0.15, 0.2) is 40.9 Å². The van der Waals surface area contributed by atoms with Crippen LogP contribution >= 0.6 is 11.8 Å². The van der Waals surface area contributed by atoms with E-state index in [1.807, 2.05) is 30.5 Å². The zero-order chi connectivity index (χ0) is 21.0. The Morgan fingerprint density at radius 3 is 2.38 bits per heavy atom. The Hall–Kier alpha value is -2.87. The number of thioether (sulfide) groups is 1. The molecule has 1 aromatic heterocycles. The molecule has 0 bridgehead atoms. The van der Waals surface area contributed by atoms with Gasteiger partial charge in [0.05, 0.1) is 19.3 Å². The molecule has 0 saturated heterocycles. The van der Waals surface area contributed by atoms with Crippen LogP contribution in [-0.4, -0.2) is 35.7 Å². The maximum absolute atomic E-state index is 14.8. The van der Waals surface area contributed by atoms with Gasteiger partial charge < -0.3 is 14.0 Å². The van der Waals surface area contributed by atoms with Gasteiger partial charge in [0, 0.05) is 30.0 Å². The number of nitrogens with one attached hydrogen (secondary N) is 1. The number of aromatic nitrogens is 2. The van der Waals surface area contributed by atoms with E-state index in [2.05, 4.69) is 10.1 Å². The van der Waals surface area contributed by atoms with Crippen molar-refractivity contribution in [2.75, 3.05) is 20.5 Å². The molecule has 152 valence electrons. The van der Waals surface area contributed by atoms with Crippen molar-refractivity contribution in [3.63, 3.8) is 0 Å². The van der Waals surface area contributed by atoms with Gasteiger partial charge in [-0.15, -0.1) is 11.8 Å². The van der Waals surface area contributed by atoms with E-state index in [4.69, 9.17) is 19.4 Å². The molecule has 1 unspecified atom stereocenters. The highest BCUT2D eigenvalue weighted by molar-refractivity contribution is 8.13. The molecule has 0 aliphatic rings. The average Bonchev–Trinajstić information content (AvgIpc) is 3.18. The summed E-state index contributed by atoms with van der Waals surface area (Å²) in [6.07, 6.45) is 2.29. The second-order valence-electron chi connectivity index (χ2n) is 6.39. The summed E-state index contributed by atoms with van der Waals surface area (Å²) >= 11 is 1.29. The minimum Gasteiger partial charge on any atom is -0.493 e.